The molecule has 0 saturated heterocycles. The van der Waals surface area contributed by atoms with Crippen LogP contribution in [0.1, 0.15) is 48.0 Å². The Hall–Kier alpha value is -3.15. The highest BCUT2D eigenvalue weighted by molar-refractivity contribution is 6.06. The molecular formula is C22H26N2O4. The highest BCUT2D eigenvalue weighted by atomic mass is 16.5. The number of hydrogen-bond acceptors (Lipinski definition) is 4. The molecule has 1 heterocycles. The van der Waals surface area contributed by atoms with Crippen molar-refractivity contribution in [1.29, 1.82) is 0 Å². The van der Waals surface area contributed by atoms with E-state index in [4.69, 9.17) is 4.74 Å². The van der Waals surface area contributed by atoms with E-state index in [0.717, 1.165) is 5.56 Å². The van der Waals surface area contributed by atoms with Crippen molar-refractivity contribution >= 4 is 17.7 Å². The van der Waals surface area contributed by atoms with E-state index in [0.29, 0.717) is 28.1 Å². The standard InChI is InChI=1S/C22H26N2O4/c1-7-12-24(21(26)17-10-8-14(2)9-11-17)13-18(25)19-15(3)20(22(27)28-6)23(5)16(19)4/h7-11H,1,12-13H2,2-6H3. The van der Waals surface area contributed by atoms with Crippen LogP contribution in [0.2, 0.25) is 0 Å². The highest BCUT2D eigenvalue weighted by Crippen LogP contribution is 2.23. The first-order chi connectivity index (χ1) is 13.2. The highest BCUT2D eigenvalue weighted by Gasteiger charge is 2.27. The zero-order chi connectivity index (χ0) is 21.0. The van der Waals surface area contributed by atoms with E-state index in [1.807, 2.05) is 19.1 Å². The molecule has 1 aromatic heterocycles. The molecule has 2 rings (SSSR count). The van der Waals surface area contributed by atoms with Gasteiger partial charge in [0.2, 0.25) is 0 Å². The normalized spacial score (nSPS) is 10.5. The monoisotopic (exact) mass is 382 g/mol. The number of benzene rings is 1. The van der Waals surface area contributed by atoms with Crippen molar-refractivity contribution in [3.63, 3.8) is 0 Å². The molecule has 0 atom stereocenters. The lowest BCUT2D eigenvalue weighted by molar-refractivity contribution is 0.0588. The van der Waals surface area contributed by atoms with E-state index >= 15 is 0 Å². The van der Waals surface area contributed by atoms with Crippen LogP contribution in [0.4, 0.5) is 0 Å². The first-order valence-electron chi connectivity index (χ1n) is 8.97. The predicted molar refractivity (Wildman–Crippen MR) is 108 cm³/mol. The van der Waals surface area contributed by atoms with Crippen LogP contribution < -0.4 is 0 Å². The maximum Gasteiger partial charge on any atom is 0.354 e. The molecule has 148 valence electrons. The Morgan fingerprint density at radius 1 is 1.14 bits per heavy atom. The summed E-state index contributed by atoms with van der Waals surface area (Å²) in [6, 6.07) is 7.20. The van der Waals surface area contributed by atoms with Gasteiger partial charge in [0.25, 0.3) is 5.91 Å². The molecule has 6 heteroatoms. The van der Waals surface area contributed by atoms with Crippen LogP contribution in [0.5, 0.6) is 0 Å². The van der Waals surface area contributed by atoms with Crippen molar-refractivity contribution in [2.75, 3.05) is 20.2 Å². The Labute approximate surface area is 165 Å². The van der Waals surface area contributed by atoms with Gasteiger partial charge in [-0.25, -0.2) is 4.79 Å². The number of aromatic nitrogens is 1. The third-order valence-electron chi connectivity index (χ3n) is 4.86. The number of Topliss-reactive ketones (excluding diaryl/α,β-unsaturated/α-hetero) is 1. The van der Waals surface area contributed by atoms with Gasteiger partial charge in [-0.1, -0.05) is 23.8 Å². The number of rotatable bonds is 7. The molecular weight excluding hydrogens is 356 g/mol. The number of methoxy groups -OCH3 is 1. The largest absolute Gasteiger partial charge is 0.464 e. The van der Waals surface area contributed by atoms with Gasteiger partial charge in [-0.05, 0) is 38.5 Å². The SMILES string of the molecule is C=CCN(CC(=O)c1c(C)c(C(=O)OC)n(C)c1C)C(=O)c1ccc(C)cc1. The van der Waals surface area contributed by atoms with Crippen LogP contribution in [-0.4, -0.2) is 47.3 Å². The molecule has 0 spiro atoms. The van der Waals surface area contributed by atoms with E-state index in [2.05, 4.69) is 6.58 Å². The zero-order valence-electron chi connectivity index (χ0n) is 17.0. The second-order valence-electron chi connectivity index (χ2n) is 6.75. The summed E-state index contributed by atoms with van der Waals surface area (Å²) in [5.41, 5.74) is 3.55. The van der Waals surface area contributed by atoms with Crippen molar-refractivity contribution in [2.45, 2.75) is 20.8 Å². The summed E-state index contributed by atoms with van der Waals surface area (Å²) in [5.74, 6) is -0.975. The molecule has 0 aliphatic rings. The number of aryl methyl sites for hydroxylation is 1. The summed E-state index contributed by atoms with van der Waals surface area (Å²) in [7, 11) is 3.02. The van der Waals surface area contributed by atoms with E-state index in [-0.39, 0.29) is 24.8 Å². The summed E-state index contributed by atoms with van der Waals surface area (Å²) in [5, 5.41) is 0. The molecule has 0 N–H and O–H groups in total. The number of carbonyl (C=O) groups is 3. The lowest BCUT2D eigenvalue weighted by atomic mass is 10.0. The third-order valence-corrected chi connectivity index (χ3v) is 4.86. The van der Waals surface area contributed by atoms with Gasteiger partial charge in [0.05, 0.1) is 13.7 Å². The lowest BCUT2D eigenvalue weighted by Crippen LogP contribution is -2.36. The van der Waals surface area contributed by atoms with Gasteiger partial charge >= 0.3 is 5.97 Å². The van der Waals surface area contributed by atoms with E-state index in [9.17, 15) is 14.4 Å². The average Bonchev–Trinajstić information content (AvgIpc) is 2.89. The Morgan fingerprint density at radius 2 is 1.75 bits per heavy atom. The van der Waals surface area contributed by atoms with Gasteiger partial charge in [0.15, 0.2) is 5.78 Å². The minimum absolute atomic E-state index is 0.106. The Balaban J connectivity index is 2.35. The van der Waals surface area contributed by atoms with Crippen LogP contribution in [0, 0.1) is 20.8 Å². The van der Waals surface area contributed by atoms with E-state index < -0.39 is 5.97 Å². The quantitative estimate of drug-likeness (QED) is 0.419. The molecule has 0 unspecified atom stereocenters. The van der Waals surface area contributed by atoms with E-state index in [1.165, 1.54) is 12.0 Å². The lowest BCUT2D eigenvalue weighted by Gasteiger charge is -2.21. The van der Waals surface area contributed by atoms with Gasteiger partial charge in [-0.2, -0.15) is 0 Å². The molecule has 0 aliphatic heterocycles. The van der Waals surface area contributed by atoms with Crippen LogP contribution in [0.15, 0.2) is 36.9 Å². The maximum absolute atomic E-state index is 13.0. The molecule has 2 aromatic rings. The fourth-order valence-electron chi connectivity index (χ4n) is 3.28. The first-order valence-corrected chi connectivity index (χ1v) is 8.97. The Bertz CT molecular complexity index is 923. The minimum Gasteiger partial charge on any atom is -0.464 e. The zero-order valence-corrected chi connectivity index (χ0v) is 17.0. The second-order valence-corrected chi connectivity index (χ2v) is 6.75. The molecule has 0 radical (unpaired) electrons. The maximum atomic E-state index is 13.0. The van der Waals surface area contributed by atoms with Gasteiger partial charge < -0.3 is 14.2 Å². The number of ether oxygens (including phenoxy) is 1. The average molecular weight is 382 g/mol. The fourth-order valence-corrected chi connectivity index (χ4v) is 3.28. The predicted octanol–water partition coefficient (Wildman–Crippen LogP) is 3.25. The van der Waals surface area contributed by atoms with Gasteiger partial charge in [0, 0.05) is 30.4 Å². The smallest absolute Gasteiger partial charge is 0.354 e. The number of nitrogens with zero attached hydrogens (tertiary/aromatic N) is 2. The number of carbonyl (C=O) groups excluding carboxylic acids is 3. The van der Waals surface area contributed by atoms with Crippen molar-refractivity contribution in [1.82, 2.24) is 9.47 Å². The number of amides is 1. The fraction of sp³-hybridized carbons (Fsp3) is 0.318. The van der Waals surface area contributed by atoms with Crippen molar-refractivity contribution < 1.29 is 19.1 Å². The summed E-state index contributed by atoms with van der Waals surface area (Å²) in [4.78, 5) is 39.4. The summed E-state index contributed by atoms with van der Waals surface area (Å²) in [6.07, 6.45) is 1.59. The second kappa shape index (κ2) is 8.69. The molecule has 0 saturated carbocycles. The molecule has 6 nitrogen and oxygen atoms in total. The van der Waals surface area contributed by atoms with Crippen LogP contribution >= 0.6 is 0 Å². The Kier molecular flexibility index (Phi) is 6.57. The molecule has 1 amide bonds. The van der Waals surface area contributed by atoms with Gasteiger partial charge in [-0.15, -0.1) is 6.58 Å². The third kappa shape index (κ3) is 4.06. The van der Waals surface area contributed by atoms with Crippen LogP contribution in [0.25, 0.3) is 0 Å². The van der Waals surface area contributed by atoms with Crippen molar-refractivity contribution in [3.05, 3.63) is 70.6 Å². The molecule has 0 aliphatic carbocycles. The molecule has 1 aromatic carbocycles. The molecule has 28 heavy (non-hydrogen) atoms. The van der Waals surface area contributed by atoms with Gasteiger partial charge in [0.1, 0.15) is 5.69 Å². The van der Waals surface area contributed by atoms with E-state index in [1.54, 1.807) is 43.7 Å². The minimum atomic E-state index is -0.499. The molecule has 0 bridgehead atoms. The van der Waals surface area contributed by atoms with Crippen LogP contribution in [-0.2, 0) is 11.8 Å². The summed E-state index contributed by atoms with van der Waals surface area (Å²) < 4.78 is 6.47. The number of hydrogen-bond donors (Lipinski definition) is 0. The first kappa shape index (κ1) is 21.2. The number of esters is 1. The summed E-state index contributed by atoms with van der Waals surface area (Å²) in [6.45, 7) is 9.25. The Morgan fingerprint density at radius 3 is 2.29 bits per heavy atom. The van der Waals surface area contributed by atoms with Crippen LogP contribution in [0.3, 0.4) is 0 Å². The summed E-state index contributed by atoms with van der Waals surface area (Å²) >= 11 is 0. The van der Waals surface area contributed by atoms with Crippen molar-refractivity contribution in [3.8, 4) is 0 Å². The molecule has 0 fully saturated rings. The number of ketones is 1. The van der Waals surface area contributed by atoms with Gasteiger partial charge in [-0.3, -0.25) is 9.59 Å². The topological polar surface area (TPSA) is 68.6 Å². The van der Waals surface area contributed by atoms with Crippen molar-refractivity contribution in [2.24, 2.45) is 7.05 Å².